The number of aliphatic imine (C=N–C) groups is 1. The number of hydrogen-bond donors (Lipinski definition) is 1. The summed E-state index contributed by atoms with van der Waals surface area (Å²) in [5.74, 6) is 0.409. The minimum absolute atomic E-state index is 0.200. The zero-order valence-electron chi connectivity index (χ0n) is 13.5. The molecule has 0 spiro atoms. The van der Waals surface area contributed by atoms with Crippen LogP contribution < -0.4 is 10.6 Å². The minimum atomic E-state index is -0.200. The molecule has 6 heteroatoms. The Bertz CT molecular complexity index is 520. The summed E-state index contributed by atoms with van der Waals surface area (Å²) >= 11 is 0. The van der Waals surface area contributed by atoms with Gasteiger partial charge in [-0.15, -0.1) is 0 Å². The van der Waals surface area contributed by atoms with Gasteiger partial charge in [0.05, 0.1) is 12.6 Å². The molecule has 2 aliphatic heterocycles. The van der Waals surface area contributed by atoms with Crippen LogP contribution in [0.15, 0.2) is 29.3 Å². The van der Waals surface area contributed by atoms with Gasteiger partial charge < -0.3 is 20.3 Å². The molecule has 1 aromatic rings. The Morgan fingerprint density at radius 3 is 2.57 bits per heavy atom. The molecule has 2 N–H and O–H groups in total. The van der Waals surface area contributed by atoms with Gasteiger partial charge in [0, 0.05) is 38.5 Å². The summed E-state index contributed by atoms with van der Waals surface area (Å²) in [5.41, 5.74) is 7.17. The molecule has 3 rings (SSSR count). The summed E-state index contributed by atoms with van der Waals surface area (Å²) < 4.78 is 18.7. The first-order valence-corrected chi connectivity index (χ1v) is 8.39. The molecule has 1 atom stereocenters. The highest BCUT2D eigenvalue weighted by Crippen LogP contribution is 2.17. The summed E-state index contributed by atoms with van der Waals surface area (Å²) in [6, 6.07) is 6.65. The molecule has 1 aromatic carbocycles. The van der Waals surface area contributed by atoms with E-state index in [4.69, 9.17) is 10.5 Å². The molecule has 0 radical (unpaired) electrons. The monoisotopic (exact) mass is 320 g/mol. The van der Waals surface area contributed by atoms with Crippen molar-refractivity contribution in [2.45, 2.75) is 25.4 Å². The van der Waals surface area contributed by atoms with Gasteiger partial charge in [-0.3, -0.25) is 4.99 Å². The molecule has 1 unspecified atom stereocenters. The van der Waals surface area contributed by atoms with Crippen molar-refractivity contribution < 1.29 is 9.13 Å². The molecule has 0 saturated carbocycles. The normalized spacial score (nSPS) is 23.2. The van der Waals surface area contributed by atoms with E-state index in [1.54, 1.807) is 0 Å². The molecule has 2 heterocycles. The van der Waals surface area contributed by atoms with E-state index >= 15 is 0 Å². The number of hydrogen-bond acceptors (Lipinski definition) is 3. The third kappa shape index (κ3) is 4.34. The van der Waals surface area contributed by atoms with Gasteiger partial charge in [-0.2, -0.15) is 0 Å². The SMILES string of the molecule is NC(=NCC1CCCCO1)N1CCN(c2ccc(F)cc2)CC1. The maximum absolute atomic E-state index is 13.0. The van der Waals surface area contributed by atoms with Crippen molar-refractivity contribution in [3.8, 4) is 0 Å². The maximum atomic E-state index is 13.0. The molecule has 0 aliphatic carbocycles. The minimum Gasteiger partial charge on any atom is -0.376 e. The van der Waals surface area contributed by atoms with Crippen LogP contribution in [0.4, 0.5) is 10.1 Å². The Morgan fingerprint density at radius 2 is 1.91 bits per heavy atom. The first-order valence-electron chi connectivity index (χ1n) is 8.39. The Morgan fingerprint density at radius 1 is 1.17 bits per heavy atom. The third-order valence-corrected chi connectivity index (χ3v) is 4.53. The van der Waals surface area contributed by atoms with E-state index in [2.05, 4.69) is 14.8 Å². The lowest BCUT2D eigenvalue weighted by Gasteiger charge is -2.36. The number of ether oxygens (including phenoxy) is 1. The van der Waals surface area contributed by atoms with E-state index < -0.39 is 0 Å². The second-order valence-electron chi connectivity index (χ2n) is 6.14. The van der Waals surface area contributed by atoms with Crippen molar-refractivity contribution in [3.05, 3.63) is 30.1 Å². The number of anilines is 1. The van der Waals surface area contributed by atoms with Crippen LogP contribution in [0.2, 0.25) is 0 Å². The smallest absolute Gasteiger partial charge is 0.191 e. The quantitative estimate of drug-likeness (QED) is 0.682. The summed E-state index contributed by atoms with van der Waals surface area (Å²) in [4.78, 5) is 8.87. The molecule has 0 amide bonds. The second-order valence-corrected chi connectivity index (χ2v) is 6.14. The Kier molecular flexibility index (Phi) is 5.33. The van der Waals surface area contributed by atoms with Crippen LogP contribution in [-0.4, -0.2) is 56.3 Å². The standard InChI is InChI=1S/C17H25FN4O/c18-14-4-6-15(7-5-14)21-8-10-22(11-9-21)17(19)20-13-16-3-1-2-12-23-16/h4-7,16H,1-3,8-13H2,(H2,19,20). The molecular formula is C17H25FN4O. The fourth-order valence-electron chi connectivity index (χ4n) is 3.09. The highest BCUT2D eigenvalue weighted by molar-refractivity contribution is 5.78. The van der Waals surface area contributed by atoms with Gasteiger partial charge in [0.15, 0.2) is 5.96 Å². The molecule has 5 nitrogen and oxygen atoms in total. The van der Waals surface area contributed by atoms with Crippen molar-refractivity contribution >= 4 is 11.6 Å². The van der Waals surface area contributed by atoms with Crippen LogP contribution in [-0.2, 0) is 4.74 Å². The predicted molar refractivity (Wildman–Crippen MR) is 90.3 cm³/mol. The van der Waals surface area contributed by atoms with Gasteiger partial charge >= 0.3 is 0 Å². The lowest BCUT2D eigenvalue weighted by molar-refractivity contribution is 0.0223. The van der Waals surface area contributed by atoms with E-state index in [1.807, 2.05) is 12.1 Å². The van der Waals surface area contributed by atoms with Crippen LogP contribution in [0.25, 0.3) is 0 Å². The van der Waals surface area contributed by atoms with Crippen LogP contribution in [0.1, 0.15) is 19.3 Å². The fraction of sp³-hybridized carbons (Fsp3) is 0.588. The molecule has 0 bridgehead atoms. The maximum Gasteiger partial charge on any atom is 0.191 e. The summed E-state index contributed by atoms with van der Waals surface area (Å²) in [5, 5.41) is 0. The molecule has 0 aromatic heterocycles. The average Bonchev–Trinajstić information content (AvgIpc) is 2.61. The van der Waals surface area contributed by atoms with Crippen LogP contribution in [0, 0.1) is 5.82 Å². The van der Waals surface area contributed by atoms with Crippen LogP contribution >= 0.6 is 0 Å². The van der Waals surface area contributed by atoms with Crippen LogP contribution in [0.5, 0.6) is 0 Å². The van der Waals surface area contributed by atoms with Gasteiger partial charge in [-0.1, -0.05) is 0 Å². The number of nitrogens with two attached hydrogens (primary N) is 1. The Balaban J connectivity index is 1.48. The fourth-order valence-corrected chi connectivity index (χ4v) is 3.09. The van der Waals surface area contributed by atoms with Crippen molar-refractivity contribution in [2.24, 2.45) is 10.7 Å². The summed E-state index contributed by atoms with van der Waals surface area (Å²) in [6.07, 6.45) is 3.68. The third-order valence-electron chi connectivity index (χ3n) is 4.53. The molecule has 23 heavy (non-hydrogen) atoms. The average molecular weight is 320 g/mol. The van der Waals surface area contributed by atoms with Gasteiger partial charge in [-0.05, 0) is 43.5 Å². The van der Waals surface area contributed by atoms with E-state index in [1.165, 1.54) is 18.6 Å². The number of benzene rings is 1. The van der Waals surface area contributed by atoms with Crippen molar-refractivity contribution in [1.82, 2.24) is 4.90 Å². The number of rotatable bonds is 3. The van der Waals surface area contributed by atoms with E-state index in [0.717, 1.165) is 51.3 Å². The lowest BCUT2D eigenvalue weighted by atomic mass is 10.1. The first-order chi connectivity index (χ1) is 11.2. The predicted octanol–water partition coefficient (Wildman–Crippen LogP) is 1.83. The van der Waals surface area contributed by atoms with E-state index in [9.17, 15) is 4.39 Å². The highest BCUT2D eigenvalue weighted by atomic mass is 19.1. The van der Waals surface area contributed by atoms with Gasteiger partial charge in [0.1, 0.15) is 5.82 Å². The molecule has 2 fully saturated rings. The van der Waals surface area contributed by atoms with Crippen molar-refractivity contribution in [3.63, 3.8) is 0 Å². The number of halogens is 1. The summed E-state index contributed by atoms with van der Waals surface area (Å²) in [6.45, 7) is 4.89. The van der Waals surface area contributed by atoms with Crippen molar-refractivity contribution in [2.75, 3.05) is 44.2 Å². The zero-order valence-corrected chi connectivity index (χ0v) is 13.5. The number of guanidine groups is 1. The van der Waals surface area contributed by atoms with Gasteiger partial charge in [0.25, 0.3) is 0 Å². The topological polar surface area (TPSA) is 54.1 Å². The molecular weight excluding hydrogens is 295 g/mol. The number of piperazine rings is 1. The van der Waals surface area contributed by atoms with E-state index in [-0.39, 0.29) is 11.9 Å². The Labute approximate surface area is 136 Å². The lowest BCUT2D eigenvalue weighted by Crippen LogP contribution is -2.51. The van der Waals surface area contributed by atoms with Gasteiger partial charge in [0.2, 0.25) is 0 Å². The highest BCUT2D eigenvalue weighted by Gasteiger charge is 2.19. The Hall–Kier alpha value is -1.82. The largest absolute Gasteiger partial charge is 0.376 e. The first kappa shape index (κ1) is 16.1. The van der Waals surface area contributed by atoms with E-state index in [0.29, 0.717) is 12.5 Å². The second kappa shape index (κ2) is 7.64. The molecule has 2 saturated heterocycles. The molecule has 2 aliphatic rings. The summed E-state index contributed by atoms with van der Waals surface area (Å²) in [7, 11) is 0. The number of nitrogens with zero attached hydrogens (tertiary/aromatic N) is 3. The zero-order chi connectivity index (χ0) is 16.1. The van der Waals surface area contributed by atoms with Crippen LogP contribution in [0.3, 0.4) is 0 Å². The van der Waals surface area contributed by atoms with Gasteiger partial charge in [-0.25, -0.2) is 4.39 Å². The van der Waals surface area contributed by atoms with Crippen molar-refractivity contribution in [1.29, 1.82) is 0 Å². The molecule has 126 valence electrons.